The lowest BCUT2D eigenvalue weighted by atomic mass is 9.80. The molecule has 5 nitrogen and oxygen atoms in total. The van der Waals surface area contributed by atoms with Crippen molar-refractivity contribution in [3.8, 4) is 0 Å². The number of rotatable bonds is 6. The number of pyridine rings is 1. The Balaban J connectivity index is 1.94. The van der Waals surface area contributed by atoms with Crippen LogP contribution in [-0.2, 0) is 14.0 Å². The molecular formula is C15H25BN2O3. The van der Waals surface area contributed by atoms with Crippen molar-refractivity contribution in [2.24, 2.45) is 0 Å². The molecule has 1 saturated heterocycles. The number of methoxy groups -OCH3 is 1. The van der Waals surface area contributed by atoms with Gasteiger partial charge in [0.15, 0.2) is 0 Å². The summed E-state index contributed by atoms with van der Waals surface area (Å²) in [5.41, 5.74) is 0.292. The highest BCUT2D eigenvalue weighted by Gasteiger charge is 2.51. The average molecular weight is 292 g/mol. The Kier molecular flexibility index (Phi) is 4.91. The van der Waals surface area contributed by atoms with Gasteiger partial charge in [0.05, 0.1) is 11.2 Å². The Hall–Kier alpha value is -1.11. The van der Waals surface area contributed by atoms with Gasteiger partial charge in [-0.05, 0) is 40.2 Å². The first-order valence-corrected chi connectivity index (χ1v) is 7.40. The molecule has 2 heterocycles. The zero-order chi connectivity index (χ0) is 15.5. The maximum atomic E-state index is 6.00. The van der Waals surface area contributed by atoms with Crippen LogP contribution in [0.4, 0.5) is 5.82 Å². The van der Waals surface area contributed by atoms with Gasteiger partial charge in [-0.25, -0.2) is 4.98 Å². The molecule has 0 saturated carbocycles. The summed E-state index contributed by atoms with van der Waals surface area (Å²) in [6.07, 6.45) is 2.76. The van der Waals surface area contributed by atoms with E-state index in [1.807, 2.05) is 39.8 Å². The molecule has 0 aromatic carbocycles. The largest absolute Gasteiger partial charge is 0.496 e. The molecule has 1 fully saturated rings. The number of nitrogens with one attached hydrogen (secondary N) is 1. The minimum absolute atomic E-state index is 0.325. The van der Waals surface area contributed by atoms with Crippen LogP contribution in [0, 0.1) is 0 Å². The summed E-state index contributed by atoms with van der Waals surface area (Å²) in [6.45, 7) is 9.78. The highest BCUT2D eigenvalue weighted by Crippen LogP contribution is 2.36. The van der Waals surface area contributed by atoms with E-state index in [1.165, 1.54) is 0 Å². The second kappa shape index (κ2) is 6.34. The predicted molar refractivity (Wildman–Crippen MR) is 84.9 cm³/mol. The molecule has 2 rings (SSSR count). The lowest BCUT2D eigenvalue weighted by molar-refractivity contribution is 0.00578. The molecule has 0 aliphatic carbocycles. The molecule has 6 heteroatoms. The number of aromatic nitrogens is 1. The van der Waals surface area contributed by atoms with E-state index in [0.29, 0.717) is 0 Å². The summed E-state index contributed by atoms with van der Waals surface area (Å²) in [4.78, 5) is 4.40. The van der Waals surface area contributed by atoms with Gasteiger partial charge in [-0.15, -0.1) is 0 Å². The van der Waals surface area contributed by atoms with Crippen molar-refractivity contribution in [1.29, 1.82) is 0 Å². The number of ether oxygens (including phenoxy) is 1. The normalized spacial score (nSPS) is 19.8. The van der Waals surface area contributed by atoms with E-state index in [9.17, 15) is 0 Å². The summed E-state index contributed by atoms with van der Waals surface area (Å²) in [5, 5.41) is 3.26. The highest BCUT2D eigenvalue weighted by atomic mass is 16.7. The smallest absolute Gasteiger partial charge is 0.399 e. The van der Waals surface area contributed by atoms with Crippen molar-refractivity contribution in [3.05, 3.63) is 18.3 Å². The maximum Gasteiger partial charge on any atom is 0.496 e. The van der Waals surface area contributed by atoms with Crippen molar-refractivity contribution in [2.45, 2.75) is 45.3 Å². The zero-order valence-corrected chi connectivity index (χ0v) is 13.6. The first-order chi connectivity index (χ1) is 9.86. The van der Waals surface area contributed by atoms with Crippen LogP contribution in [0.5, 0.6) is 0 Å². The van der Waals surface area contributed by atoms with E-state index in [1.54, 1.807) is 13.3 Å². The van der Waals surface area contributed by atoms with Crippen molar-refractivity contribution in [3.63, 3.8) is 0 Å². The fraction of sp³-hybridized carbons (Fsp3) is 0.667. The minimum Gasteiger partial charge on any atom is -0.399 e. The van der Waals surface area contributed by atoms with Gasteiger partial charge in [-0.3, -0.25) is 0 Å². The molecular weight excluding hydrogens is 267 g/mol. The van der Waals surface area contributed by atoms with Crippen molar-refractivity contribution < 1.29 is 14.0 Å². The molecule has 1 aromatic rings. The fourth-order valence-electron chi connectivity index (χ4n) is 2.06. The van der Waals surface area contributed by atoms with Crippen molar-refractivity contribution in [1.82, 2.24) is 4.98 Å². The lowest BCUT2D eigenvalue weighted by Crippen LogP contribution is -2.41. The van der Waals surface area contributed by atoms with Crippen LogP contribution in [0.2, 0.25) is 0 Å². The van der Waals surface area contributed by atoms with Crippen LogP contribution >= 0.6 is 0 Å². The molecule has 1 N–H and O–H groups in total. The van der Waals surface area contributed by atoms with Crippen LogP contribution in [0.15, 0.2) is 18.3 Å². The maximum absolute atomic E-state index is 6.00. The second-order valence-corrected chi connectivity index (χ2v) is 6.34. The van der Waals surface area contributed by atoms with Crippen LogP contribution in [-0.4, -0.2) is 43.6 Å². The summed E-state index contributed by atoms with van der Waals surface area (Å²) < 4.78 is 17.0. The van der Waals surface area contributed by atoms with Gasteiger partial charge in [0.1, 0.15) is 5.82 Å². The standard InChI is InChI=1S/C15H25BN2O3/c1-14(2)15(3,4)21-16(20-14)12-7-8-13(18-11-12)17-9-6-10-19-5/h7-8,11H,6,9-10H2,1-5H3,(H,17,18). The molecule has 1 aliphatic heterocycles. The lowest BCUT2D eigenvalue weighted by Gasteiger charge is -2.32. The molecule has 21 heavy (non-hydrogen) atoms. The van der Waals surface area contributed by atoms with E-state index in [0.717, 1.165) is 30.9 Å². The van der Waals surface area contributed by atoms with Gasteiger partial charge in [-0.2, -0.15) is 0 Å². The molecule has 0 atom stereocenters. The highest BCUT2D eigenvalue weighted by molar-refractivity contribution is 6.62. The molecule has 0 amide bonds. The quantitative estimate of drug-likeness (QED) is 0.640. The summed E-state index contributed by atoms with van der Waals surface area (Å²) >= 11 is 0. The second-order valence-electron chi connectivity index (χ2n) is 6.34. The van der Waals surface area contributed by atoms with Gasteiger partial charge in [-0.1, -0.05) is 6.07 Å². The Morgan fingerprint density at radius 2 is 1.86 bits per heavy atom. The summed E-state index contributed by atoms with van der Waals surface area (Å²) in [5.74, 6) is 0.853. The zero-order valence-electron chi connectivity index (χ0n) is 13.6. The Morgan fingerprint density at radius 3 is 2.38 bits per heavy atom. The van der Waals surface area contributed by atoms with Gasteiger partial charge in [0, 0.05) is 31.9 Å². The van der Waals surface area contributed by atoms with Crippen molar-refractivity contribution in [2.75, 3.05) is 25.6 Å². The van der Waals surface area contributed by atoms with Crippen LogP contribution in [0.25, 0.3) is 0 Å². The van der Waals surface area contributed by atoms with E-state index >= 15 is 0 Å². The van der Waals surface area contributed by atoms with Crippen LogP contribution < -0.4 is 10.8 Å². The number of nitrogens with zero attached hydrogens (tertiary/aromatic N) is 1. The third kappa shape index (κ3) is 3.76. The Bertz CT molecular complexity index is 446. The number of hydrogen-bond acceptors (Lipinski definition) is 5. The average Bonchev–Trinajstić information content (AvgIpc) is 2.64. The first-order valence-electron chi connectivity index (χ1n) is 7.40. The van der Waals surface area contributed by atoms with Gasteiger partial charge in [0.25, 0.3) is 0 Å². The number of hydrogen-bond donors (Lipinski definition) is 1. The van der Waals surface area contributed by atoms with E-state index in [-0.39, 0.29) is 18.3 Å². The minimum atomic E-state index is -0.356. The molecule has 0 spiro atoms. The van der Waals surface area contributed by atoms with Crippen LogP contribution in [0.1, 0.15) is 34.1 Å². The van der Waals surface area contributed by atoms with Crippen LogP contribution in [0.3, 0.4) is 0 Å². The third-order valence-corrected chi connectivity index (χ3v) is 4.14. The van der Waals surface area contributed by atoms with E-state index < -0.39 is 0 Å². The molecule has 0 unspecified atom stereocenters. The molecule has 116 valence electrons. The summed E-state index contributed by atoms with van der Waals surface area (Å²) in [7, 11) is 1.35. The Labute approximate surface area is 127 Å². The first kappa shape index (κ1) is 16.3. The monoisotopic (exact) mass is 292 g/mol. The SMILES string of the molecule is COCCCNc1ccc(B2OC(C)(C)C(C)(C)O2)cn1. The molecule has 0 radical (unpaired) electrons. The fourth-order valence-corrected chi connectivity index (χ4v) is 2.06. The molecule has 1 aromatic heterocycles. The third-order valence-electron chi connectivity index (χ3n) is 4.14. The van der Waals surface area contributed by atoms with E-state index in [2.05, 4.69) is 10.3 Å². The predicted octanol–water partition coefficient (Wildman–Crippen LogP) is 1.83. The molecule has 1 aliphatic rings. The Morgan fingerprint density at radius 1 is 1.19 bits per heavy atom. The summed E-state index contributed by atoms with van der Waals surface area (Å²) in [6, 6.07) is 3.95. The van der Waals surface area contributed by atoms with Gasteiger partial charge < -0.3 is 19.4 Å². The molecule has 0 bridgehead atoms. The van der Waals surface area contributed by atoms with Gasteiger partial charge >= 0.3 is 7.12 Å². The van der Waals surface area contributed by atoms with Crippen molar-refractivity contribution >= 4 is 18.4 Å². The number of anilines is 1. The van der Waals surface area contributed by atoms with Gasteiger partial charge in [0.2, 0.25) is 0 Å². The van der Waals surface area contributed by atoms with E-state index in [4.69, 9.17) is 14.0 Å². The topological polar surface area (TPSA) is 52.6 Å².